The lowest BCUT2D eigenvalue weighted by Gasteiger charge is -2.18. The molecule has 0 amide bonds. The highest BCUT2D eigenvalue weighted by Crippen LogP contribution is 2.13. The molecule has 0 unspecified atom stereocenters. The molecule has 0 aromatic heterocycles. The Morgan fingerprint density at radius 1 is 0.590 bits per heavy atom. The molecule has 0 fully saturated rings. The monoisotopic (exact) mass is 546 g/mol. The van der Waals surface area contributed by atoms with Gasteiger partial charge in [-0.15, -0.1) is 0 Å². The molecule has 5 nitrogen and oxygen atoms in total. The summed E-state index contributed by atoms with van der Waals surface area (Å²) >= 11 is 0. The van der Waals surface area contributed by atoms with Crippen LogP contribution in [0.3, 0.4) is 0 Å². The van der Waals surface area contributed by atoms with Crippen LogP contribution in [-0.2, 0) is 30.4 Å². The van der Waals surface area contributed by atoms with Crippen molar-refractivity contribution < 1.29 is 23.8 Å². The Hall–Kier alpha value is -1.88. The van der Waals surface area contributed by atoms with Crippen LogP contribution in [0.4, 0.5) is 0 Å². The van der Waals surface area contributed by atoms with Gasteiger partial charge in [-0.05, 0) is 18.4 Å². The summed E-state index contributed by atoms with van der Waals surface area (Å²) in [5.41, 5.74) is 1.06. The van der Waals surface area contributed by atoms with E-state index in [9.17, 15) is 9.59 Å². The van der Waals surface area contributed by atoms with E-state index >= 15 is 0 Å². The van der Waals surface area contributed by atoms with Crippen LogP contribution in [0.25, 0.3) is 0 Å². The van der Waals surface area contributed by atoms with Crippen LogP contribution < -0.4 is 0 Å². The van der Waals surface area contributed by atoms with Crippen molar-refractivity contribution in [2.24, 2.45) is 0 Å². The molecular formula is C34H58O5. The molecule has 1 rings (SSSR count). The third-order valence-corrected chi connectivity index (χ3v) is 7.11. The van der Waals surface area contributed by atoms with Crippen molar-refractivity contribution in [2.75, 3.05) is 13.2 Å². The molecule has 39 heavy (non-hydrogen) atoms. The minimum Gasteiger partial charge on any atom is -0.462 e. The summed E-state index contributed by atoms with van der Waals surface area (Å²) in [6.45, 7) is 5.17. The number of ether oxygens (including phenoxy) is 3. The van der Waals surface area contributed by atoms with E-state index in [4.69, 9.17) is 14.2 Å². The predicted octanol–water partition coefficient (Wildman–Crippen LogP) is 9.50. The van der Waals surface area contributed by atoms with E-state index in [2.05, 4.69) is 13.8 Å². The molecule has 1 atom stereocenters. The van der Waals surface area contributed by atoms with Crippen LogP contribution in [0.5, 0.6) is 0 Å². The average Bonchev–Trinajstić information content (AvgIpc) is 2.94. The quantitative estimate of drug-likeness (QED) is 0.0812. The van der Waals surface area contributed by atoms with Crippen molar-refractivity contribution in [1.82, 2.24) is 0 Å². The topological polar surface area (TPSA) is 61.8 Å². The lowest BCUT2D eigenvalue weighted by atomic mass is 10.1. The molecule has 0 N–H and O–H groups in total. The van der Waals surface area contributed by atoms with Crippen LogP contribution >= 0.6 is 0 Å². The second-order valence-electron chi connectivity index (χ2n) is 11.0. The van der Waals surface area contributed by atoms with E-state index in [1.54, 1.807) is 0 Å². The second kappa shape index (κ2) is 26.3. The molecule has 0 heterocycles. The molecule has 0 saturated carbocycles. The maximum atomic E-state index is 12.5. The Bertz CT molecular complexity index is 690. The van der Waals surface area contributed by atoms with Gasteiger partial charge in [0, 0.05) is 12.8 Å². The van der Waals surface area contributed by atoms with Gasteiger partial charge in [-0.2, -0.15) is 0 Å². The van der Waals surface area contributed by atoms with E-state index in [0.717, 1.165) is 31.2 Å². The second-order valence-corrected chi connectivity index (χ2v) is 11.0. The highest BCUT2D eigenvalue weighted by Gasteiger charge is 2.17. The van der Waals surface area contributed by atoms with Gasteiger partial charge in [-0.1, -0.05) is 147 Å². The molecule has 0 aliphatic carbocycles. The molecule has 0 aliphatic heterocycles. The number of hydrogen-bond donors (Lipinski definition) is 0. The number of esters is 2. The summed E-state index contributed by atoms with van der Waals surface area (Å²) in [4.78, 5) is 24.8. The van der Waals surface area contributed by atoms with Gasteiger partial charge in [-0.3, -0.25) is 9.59 Å². The zero-order valence-electron chi connectivity index (χ0n) is 25.3. The van der Waals surface area contributed by atoms with E-state index in [1.165, 1.54) is 89.9 Å². The summed E-state index contributed by atoms with van der Waals surface area (Å²) in [6.07, 6.45) is 22.0. The molecule has 5 heteroatoms. The van der Waals surface area contributed by atoms with Crippen LogP contribution in [0, 0.1) is 0 Å². The zero-order valence-corrected chi connectivity index (χ0v) is 25.3. The number of benzene rings is 1. The molecule has 224 valence electrons. The molecule has 1 aromatic carbocycles. The Morgan fingerprint density at radius 2 is 1.05 bits per heavy atom. The predicted molar refractivity (Wildman–Crippen MR) is 161 cm³/mol. The third kappa shape index (κ3) is 22.6. The van der Waals surface area contributed by atoms with Gasteiger partial charge >= 0.3 is 11.9 Å². The fourth-order valence-corrected chi connectivity index (χ4v) is 4.66. The van der Waals surface area contributed by atoms with Gasteiger partial charge in [0.2, 0.25) is 0 Å². The first-order valence-electron chi connectivity index (χ1n) is 16.1. The Morgan fingerprint density at radius 3 is 1.56 bits per heavy atom. The first kappa shape index (κ1) is 35.1. The Balaban J connectivity index is 2.27. The maximum Gasteiger partial charge on any atom is 0.306 e. The van der Waals surface area contributed by atoms with Gasteiger partial charge in [-0.25, -0.2) is 0 Å². The number of hydrogen-bond acceptors (Lipinski definition) is 5. The SMILES string of the molecule is CCCCCCCCCCCC(=O)OC[C@@H](COCc1ccccc1)OC(=O)CCCCCCCCCCC. The van der Waals surface area contributed by atoms with Crippen LogP contribution in [0.2, 0.25) is 0 Å². The number of rotatable bonds is 27. The average molecular weight is 547 g/mol. The largest absolute Gasteiger partial charge is 0.462 e. The molecule has 0 aliphatic rings. The summed E-state index contributed by atoms with van der Waals surface area (Å²) in [6, 6.07) is 9.89. The molecular weight excluding hydrogens is 488 g/mol. The number of carbonyl (C=O) groups is 2. The zero-order chi connectivity index (χ0) is 28.2. The minimum absolute atomic E-state index is 0.0502. The standard InChI is InChI=1S/C34H58O5/c1-3-5-7-9-11-13-15-17-22-26-33(35)38-30-32(29-37-28-31-24-20-19-21-25-31)39-34(36)27-23-18-16-14-12-10-8-6-4-2/h19-21,24-25,32H,3-18,22-23,26-30H2,1-2H3/t32-/m1/s1. The summed E-state index contributed by atoms with van der Waals surface area (Å²) < 4.78 is 17.0. The lowest BCUT2D eigenvalue weighted by Crippen LogP contribution is -2.29. The minimum atomic E-state index is -0.577. The van der Waals surface area contributed by atoms with Crippen molar-refractivity contribution in [3.05, 3.63) is 35.9 Å². The number of unbranched alkanes of at least 4 members (excludes halogenated alkanes) is 16. The molecule has 0 saturated heterocycles. The normalized spacial score (nSPS) is 11.8. The van der Waals surface area contributed by atoms with Gasteiger partial charge in [0.15, 0.2) is 6.10 Å². The van der Waals surface area contributed by atoms with Gasteiger partial charge in [0.05, 0.1) is 13.2 Å². The summed E-state index contributed by atoms with van der Waals surface area (Å²) in [5.74, 6) is -0.456. The first-order valence-corrected chi connectivity index (χ1v) is 16.1. The highest BCUT2D eigenvalue weighted by atomic mass is 16.6. The first-order chi connectivity index (χ1) is 19.2. The van der Waals surface area contributed by atoms with Gasteiger partial charge in [0.1, 0.15) is 6.61 Å². The van der Waals surface area contributed by atoms with E-state index in [1.807, 2.05) is 30.3 Å². The van der Waals surface area contributed by atoms with Crippen LogP contribution in [0.1, 0.15) is 148 Å². The smallest absolute Gasteiger partial charge is 0.306 e. The van der Waals surface area contributed by atoms with Crippen molar-refractivity contribution >= 4 is 11.9 Å². The Labute approximate surface area is 239 Å². The fraction of sp³-hybridized carbons (Fsp3) is 0.765. The maximum absolute atomic E-state index is 12.5. The highest BCUT2D eigenvalue weighted by molar-refractivity contribution is 5.70. The van der Waals surface area contributed by atoms with Crippen LogP contribution in [0.15, 0.2) is 30.3 Å². The van der Waals surface area contributed by atoms with E-state index in [0.29, 0.717) is 19.4 Å². The van der Waals surface area contributed by atoms with E-state index in [-0.39, 0.29) is 25.2 Å². The van der Waals surface area contributed by atoms with Crippen molar-refractivity contribution in [3.63, 3.8) is 0 Å². The third-order valence-electron chi connectivity index (χ3n) is 7.11. The molecule has 0 bridgehead atoms. The van der Waals surface area contributed by atoms with Crippen molar-refractivity contribution in [3.8, 4) is 0 Å². The van der Waals surface area contributed by atoms with Crippen molar-refractivity contribution in [2.45, 2.75) is 155 Å². The summed E-state index contributed by atoms with van der Waals surface area (Å²) in [7, 11) is 0. The van der Waals surface area contributed by atoms with Crippen LogP contribution in [-0.4, -0.2) is 31.3 Å². The molecule has 1 aromatic rings. The molecule has 0 radical (unpaired) electrons. The van der Waals surface area contributed by atoms with Crippen molar-refractivity contribution in [1.29, 1.82) is 0 Å². The van der Waals surface area contributed by atoms with Gasteiger partial charge in [0.25, 0.3) is 0 Å². The van der Waals surface area contributed by atoms with E-state index < -0.39 is 6.10 Å². The number of carbonyl (C=O) groups excluding carboxylic acids is 2. The fourth-order valence-electron chi connectivity index (χ4n) is 4.66. The lowest BCUT2D eigenvalue weighted by molar-refractivity contribution is -0.163. The summed E-state index contributed by atoms with van der Waals surface area (Å²) in [5, 5.41) is 0. The molecule has 0 spiro atoms. The Kier molecular flexibility index (Phi) is 23.7. The van der Waals surface area contributed by atoms with Gasteiger partial charge < -0.3 is 14.2 Å².